The van der Waals surface area contributed by atoms with Gasteiger partial charge in [0.15, 0.2) is 0 Å². The summed E-state index contributed by atoms with van der Waals surface area (Å²) < 4.78 is 6.56. The number of nitrogens with one attached hydrogen (secondary N) is 1. The average molecular weight is 293 g/mol. The first-order chi connectivity index (χ1) is 9.52. The molecule has 0 saturated heterocycles. The topological polar surface area (TPSA) is 73.0 Å². The minimum Gasteiger partial charge on any atom is -0.444 e. The van der Waals surface area contributed by atoms with E-state index in [0.717, 1.165) is 4.68 Å². The van der Waals surface area contributed by atoms with Gasteiger partial charge in [-0.2, -0.15) is 5.10 Å². The number of aromatic nitrogens is 3. The molecule has 104 valence electrons. The molecule has 6 nitrogen and oxygen atoms in total. The molecule has 0 spiro atoms. The highest BCUT2D eigenvalue weighted by Crippen LogP contribution is 2.21. The molecule has 0 aliphatic rings. The lowest BCUT2D eigenvalue weighted by atomic mass is 10.3. The van der Waals surface area contributed by atoms with E-state index in [9.17, 15) is 4.79 Å². The van der Waals surface area contributed by atoms with E-state index in [1.807, 2.05) is 6.92 Å². The number of anilines is 1. The van der Waals surface area contributed by atoms with Crippen molar-refractivity contribution in [1.82, 2.24) is 14.8 Å². The third-order valence-corrected chi connectivity index (χ3v) is 2.90. The number of halogens is 1. The van der Waals surface area contributed by atoms with E-state index in [1.165, 1.54) is 6.20 Å². The Kier molecular flexibility index (Phi) is 4.11. The van der Waals surface area contributed by atoms with Gasteiger partial charge in [0.25, 0.3) is 5.56 Å². The van der Waals surface area contributed by atoms with Crippen molar-refractivity contribution in [2.45, 2.75) is 26.4 Å². The number of terminal acetylenes is 1. The maximum Gasteiger partial charge on any atom is 0.292 e. The molecule has 7 heteroatoms. The van der Waals surface area contributed by atoms with Crippen LogP contribution in [0.1, 0.15) is 24.6 Å². The Labute approximate surface area is 120 Å². The number of oxazole rings is 1. The number of aryl methyl sites for hydroxylation is 1. The highest BCUT2D eigenvalue weighted by molar-refractivity contribution is 6.33. The van der Waals surface area contributed by atoms with Crippen LogP contribution < -0.4 is 10.9 Å². The van der Waals surface area contributed by atoms with Crippen LogP contribution >= 0.6 is 11.6 Å². The van der Waals surface area contributed by atoms with Crippen LogP contribution in [0, 0.1) is 19.3 Å². The molecule has 2 aromatic rings. The van der Waals surface area contributed by atoms with Crippen LogP contribution in [-0.2, 0) is 6.54 Å². The summed E-state index contributed by atoms with van der Waals surface area (Å²) in [5.41, 5.74) is -0.161. The van der Waals surface area contributed by atoms with Crippen molar-refractivity contribution in [3.8, 4) is 12.3 Å². The molecule has 2 aromatic heterocycles. The maximum absolute atomic E-state index is 12.2. The van der Waals surface area contributed by atoms with Gasteiger partial charge in [0, 0.05) is 0 Å². The lowest BCUT2D eigenvalue weighted by molar-refractivity contribution is 0.453. The monoisotopic (exact) mass is 292 g/mol. The quantitative estimate of drug-likeness (QED) is 0.873. The van der Waals surface area contributed by atoms with Crippen molar-refractivity contribution in [2.75, 3.05) is 5.32 Å². The molecule has 0 saturated carbocycles. The second-order valence-electron chi connectivity index (χ2n) is 4.21. The van der Waals surface area contributed by atoms with E-state index in [4.69, 9.17) is 22.4 Å². The predicted molar refractivity (Wildman–Crippen MR) is 75.6 cm³/mol. The fraction of sp³-hybridized carbons (Fsp3) is 0.308. The minimum absolute atomic E-state index is 0.0805. The smallest absolute Gasteiger partial charge is 0.292 e. The molecular weight excluding hydrogens is 280 g/mol. The molecular formula is C13H13ClN4O2. The zero-order chi connectivity index (χ0) is 14.7. The average Bonchev–Trinajstić information content (AvgIpc) is 2.84. The van der Waals surface area contributed by atoms with E-state index in [1.54, 1.807) is 13.1 Å². The van der Waals surface area contributed by atoms with E-state index in [0.29, 0.717) is 11.7 Å². The summed E-state index contributed by atoms with van der Waals surface area (Å²) in [6.07, 6.45) is 8.17. The van der Waals surface area contributed by atoms with Gasteiger partial charge in [0.05, 0.1) is 17.4 Å². The van der Waals surface area contributed by atoms with Crippen LogP contribution in [0.15, 0.2) is 21.6 Å². The first-order valence-corrected chi connectivity index (χ1v) is 6.28. The normalized spacial score (nSPS) is 11.9. The van der Waals surface area contributed by atoms with Gasteiger partial charge in [-0.1, -0.05) is 17.5 Å². The lowest BCUT2D eigenvalue weighted by Gasteiger charge is -2.13. The van der Waals surface area contributed by atoms with Crippen LogP contribution in [0.2, 0.25) is 5.02 Å². The van der Waals surface area contributed by atoms with Crippen molar-refractivity contribution >= 4 is 17.3 Å². The Morgan fingerprint density at radius 1 is 1.60 bits per heavy atom. The predicted octanol–water partition coefficient (Wildman–Crippen LogP) is 2.00. The van der Waals surface area contributed by atoms with Gasteiger partial charge in [0.2, 0.25) is 5.89 Å². The van der Waals surface area contributed by atoms with Crippen molar-refractivity contribution in [3.05, 3.63) is 39.4 Å². The minimum atomic E-state index is -0.384. The Hall–Kier alpha value is -2.26. The second-order valence-corrected chi connectivity index (χ2v) is 4.62. The van der Waals surface area contributed by atoms with Crippen LogP contribution in [0.25, 0.3) is 0 Å². The Bertz CT molecular complexity index is 714. The molecule has 20 heavy (non-hydrogen) atoms. The summed E-state index contributed by atoms with van der Waals surface area (Å²) in [5, 5.41) is 7.06. The first kappa shape index (κ1) is 14.2. The molecule has 1 unspecified atom stereocenters. The zero-order valence-corrected chi connectivity index (χ0v) is 11.8. The van der Waals surface area contributed by atoms with Crippen molar-refractivity contribution < 1.29 is 4.42 Å². The number of hydrogen-bond donors (Lipinski definition) is 1. The fourth-order valence-corrected chi connectivity index (χ4v) is 1.83. The molecule has 0 fully saturated rings. The lowest BCUT2D eigenvalue weighted by Crippen LogP contribution is -2.26. The Morgan fingerprint density at radius 3 is 2.95 bits per heavy atom. The van der Waals surface area contributed by atoms with Crippen LogP contribution in [-0.4, -0.2) is 14.8 Å². The molecule has 2 heterocycles. The fourth-order valence-electron chi connectivity index (χ4n) is 1.65. The summed E-state index contributed by atoms with van der Waals surface area (Å²) >= 11 is 6.00. The number of hydrogen-bond acceptors (Lipinski definition) is 5. The van der Waals surface area contributed by atoms with Gasteiger partial charge in [-0.25, -0.2) is 9.67 Å². The summed E-state index contributed by atoms with van der Waals surface area (Å²) in [7, 11) is 0. The van der Waals surface area contributed by atoms with Crippen molar-refractivity contribution in [3.63, 3.8) is 0 Å². The van der Waals surface area contributed by atoms with Crippen LogP contribution in [0.5, 0.6) is 0 Å². The SMILES string of the molecule is C#CCn1ncc(Cl)c(NC(C)c2ncc(C)o2)c1=O. The summed E-state index contributed by atoms with van der Waals surface area (Å²) in [6.45, 7) is 3.69. The van der Waals surface area contributed by atoms with E-state index >= 15 is 0 Å². The van der Waals surface area contributed by atoms with Gasteiger partial charge in [0.1, 0.15) is 24.0 Å². The summed E-state index contributed by atoms with van der Waals surface area (Å²) in [5.74, 6) is 3.52. The van der Waals surface area contributed by atoms with E-state index < -0.39 is 0 Å². The second kappa shape index (κ2) is 5.80. The van der Waals surface area contributed by atoms with Gasteiger partial charge < -0.3 is 9.73 Å². The molecule has 0 amide bonds. The van der Waals surface area contributed by atoms with Gasteiger partial charge in [-0.15, -0.1) is 6.42 Å². The Balaban J connectivity index is 2.31. The largest absolute Gasteiger partial charge is 0.444 e. The van der Waals surface area contributed by atoms with E-state index in [2.05, 4.69) is 21.3 Å². The van der Waals surface area contributed by atoms with Gasteiger partial charge >= 0.3 is 0 Å². The zero-order valence-electron chi connectivity index (χ0n) is 11.1. The molecule has 0 aromatic carbocycles. The molecule has 1 atom stereocenters. The van der Waals surface area contributed by atoms with Gasteiger partial charge in [-0.3, -0.25) is 4.79 Å². The molecule has 0 bridgehead atoms. The third-order valence-electron chi connectivity index (χ3n) is 2.61. The summed E-state index contributed by atoms with van der Waals surface area (Å²) in [6, 6.07) is -0.310. The van der Waals surface area contributed by atoms with Gasteiger partial charge in [-0.05, 0) is 13.8 Å². The Morgan fingerprint density at radius 2 is 2.35 bits per heavy atom. The van der Waals surface area contributed by atoms with Crippen LogP contribution in [0.4, 0.5) is 5.69 Å². The highest BCUT2D eigenvalue weighted by atomic mass is 35.5. The molecule has 1 N–H and O–H groups in total. The number of nitrogens with zero attached hydrogens (tertiary/aromatic N) is 3. The number of rotatable bonds is 4. The first-order valence-electron chi connectivity index (χ1n) is 5.91. The van der Waals surface area contributed by atoms with Crippen LogP contribution in [0.3, 0.4) is 0 Å². The molecule has 2 rings (SSSR count). The molecule has 0 radical (unpaired) electrons. The summed E-state index contributed by atoms with van der Waals surface area (Å²) in [4.78, 5) is 16.3. The maximum atomic E-state index is 12.2. The molecule has 0 aliphatic carbocycles. The third kappa shape index (κ3) is 2.83. The van der Waals surface area contributed by atoms with E-state index in [-0.39, 0.29) is 28.9 Å². The standard InChI is InChI=1S/C13H13ClN4O2/c1-4-5-18-13(19)11(10(14)7-16-18)17-9(3)12-15-6-8(2)20-12/h1,6-7,9,17H,5H2,2-3H3. The van der Waals surface area contributed by atoms with Crippen molar-refractivity contribution in [1.29, 1.82) is 0 Å². The van der Waals surface area contributed by atoms with Crippen molar-refractivity contribution in [2.24, 2.45) is 0 Å². The molecule has 0 aliphatic heterocycles. The highest BCUT2D eigenvalue weighted by Gasteiger charge is 2.16.